The lowest BCUT2D eigenvalue weighted by Crippen LogP contribution is -2.51. The fraction of sp³-hybridized carbons (Fsp3) is 0.471. The molecule has 3 aromatic carbocycles. The number of benzene rings is 3. The number of methoxy groups -OCH3 is 1. The molecule has 1 unspecified atom stereocenters. The van der Waals surface area contributed by atoms with Crippen LogP contribution in [0, 0.1) is 16.0 Å². The number of likely N-dealkylation sites (tertiary alicyclic amines) is 1. The summed E-state index contributed by atoms with van der Waals surface area (Å²) in [6.45, 7) is 5.21. The molecule has 3 aromatic rings. The zero-order chi connectivity index (χ0) is 32.2. The molecule has 0 saturated carbocycles. The number of fused-ring (bicyclic) bond motifs is 1. The minimum Gasteiger partial charge on any atom is -0.490 e. The minimum atomic E-state index is -0.994. The fourth-order valence-electron chi connectivity index (χ4n) is 8.16. The molecule has 3 amide bonds. The van der Waals surface area contributed by atoms with E-state index in [1.807, 2.05) is 37.2 Å². The number of morpholine rings is 1. The molecule has 12 nitrogen and oxygen atoms in total. The number of carbonyl (C=O) groups excluding carboxylic acids is 2. The Morgan fingerprint density at radius 3 is 2.50 bits per heavy atom. The summed E-state index contributed by atoms with van der Waals surface area (Å²) in [5, 5.41) is 13.9. The number of carbonyl (C=O) groups is 2. The average molecular weight is 629 g/mol. The molecule has 0 aliphatic carbocycles. The maximum atomic E-state index is 14.6. The van der Waals surface area contributed by atoms with Gasteiger partial charge in [0.2, 0.25) is 0 Å². The van der Waals surface area contributed by atoms with Crippen LogP contribution in [-0.2, 0) is 16.1 Å². The van der Waals surface area contributed by atoms with Crippen LogP contribution in [-0.4, -0.2) is 116 Å². The van der Waals surface area contributed by atoms with Crippen molar-refractivity contribution in [1.29, 1.82) is 0 Å². The second-order valence-electron chi connectivity index (χ2n) is 13.0. The predicted molar refractivity (Wildman–Crippen MR) is 173 cm³/mol. The average Bonchev–Trinajstić information content (AvgIpc) is 3.63. The molecule has 46 heavy (non-hydrogen) atoms. The standard InChI is InChI=1S/C34H40N6O6/c1-35(2)28-10-9-27(25-6-4-5-7-26(25)28)29-19-24-21-37(20-23-8-11-31(45-3)30(18-23)40(43)44)22-34(24)32(41)38(33(42)39(29)34)13-12-36-14-16-46-17-15-36/h4-11,18,24,29H,12-17,19-22H2,1-3H3/t24-,29?,34+/m1/s1. The topological polar surface area (TPSA) is 112 Å². The lowest BCUT2D eigenvalue weighted by atomic mass is 9.87. The zero-order valence-corrected chi connectivity index (χ0v) is 26.6. The summed E-state index contributed by atoms with van der Waals surface area (Å²) in [5.74, 6) is -0.00168. The minimum absolute atomic E-state index is 0.0807. The van der Waals surface area contributed by atoms with E-state index in [-0.39, 0.29) is 35.3 Å². The quantitative estimate of drug-likeness (QED) is 0.199. The summed E-state index contributed by atoms with van der Waals surface area (Å²) in [7, 11) is 5.47. The third-order valence-electron chi connectivity index (χ3n) is 10.3. The van der Waals surface area contributed by atoms with Gasteiger partial charge in [0, 0.05) is 83.0 Å². The highest BCUT2D eigenvalue weighted by atomic mass is 16.6. The number of nitro groups is 1. The summed E-state index contributed by atoms with van der Waals surface area (Å²) in [6.07, 6.45) is 0.666. The van der Waals surface area contributed by atoms with Crippen molar-refractivity contribution >= 4 is 34.1 Å². The van der Waals surface area contributed by atoms with E-state index in [0.717, 1.165) is 40.7 Å². The van der Waals surface area contributed by atoms with Gasteiger partial charge < -0.3 is 19.3 Å². The first kappa shape index (κ1) is 30.4. The molecule has 3 atom stereocenters. The van der Waals surface area contributed by atoms with Gasteiger partial charge in [0.05, 0.1) is 31.3 Å². The van der Waals surface area contributed by atoms with Gasteiger partial charge >= 0.3 is 11.7 Å². The van der Waals surface area contributed by atoms with Crippen LogP contribution in [0.15, 0.2) is 54.6 Å². The third-order valence-corrected chi connectivity index (χ3v) is 10.3. The second-order valence-corrected chi connectivity index (χ2v) is 13.0. The van der Waals surface area contributed by atoms with Gasteiger partial charge in [-0.2, -0.15) is 0 Å². The molecule has 4 saturated heterocycles. The Labute approximate surface area is 268 Å². The van der Waals surface area contributed by atoms with Crippen molar-refractivity contribution in [2.45, 2.75) is 24.5 Å². The van der Waals surface area contributed by atoms with E-state index in [2.05, 4.69) is 39.0 Å². The zero-order valence-electron chi connectivity index (χ0n) is 26.6. The van der Waals surface area contributed by atoms with E-state index in [4.69, 9.17) is 9.47 Å². The maximum absolute atomic E-state index is 14.6. The number of rotatable bonds is 9. The fourth-order valence-corrected chi connectivity index (χ4v) is 8.16. The molecule has 4 fully saturated rings. The van der Waals surface area contributed by atoms with Gasteiger partial charge in [-0.1, -0.05) is 36.4 Å². The molecule has 0 radical (unpaired) electrons. The highest BCUT2D eigenvalue weighted by Crippen LogP contribution is 2.56. The van der Waals surface area contributed by atoms with Crippen LogP contribution in [0.1, 0.15) is 23.6 Å². The van der Waals surface area contributed by atoms with Crippen LogP contribution in [0.2, 0.25) is 0 Å². The Bertz CT molecular complexity index is 1690. The Morgan fingerprint density at radius 2 is 1.78 bits per heavy atom. The Kier molecular flexibility index (Phi) is 7.82. The highest BCUT2D eigenvalue weighted by molar-refractivity contribution is 6.09. The predicted octanol–water partition coefficient (Wildman–Crippen LogP) is 3.73. The number of anilines is 1. The normalized spacial score (nSPS) is 24.9. The molecule has 0 aromatic heterocycles. The van der Waals surface area contributed by atoms with E-state index in [9.17, 15) is 19.7 Å². The summed E-state index contributed by atoms with van der Waals surface area (Å²) in [6, 6.07) is 17.0. The van der Waals surface area contributed by atoms with Crippen molar-refractivity contribution in [3.8, 4) is 5.75 Å². The van der Waals surface area contributed by atoms with E-state index in [0.29, 0.717) is 52.4 Å². The van der Waals surface area contributed by atoms with Gasteiger partial charge in [0.15, 0.2) is 5.75 Å². The number of imide groups is 1. The van der Waals surface area contributed by atoms with Crippen LogP contribution < -0.4 is 9.64 Å². The molecule has 1 spiro atoms. The smallest absolute Gasteiger partial charge is 0.328 e. The third kappa shape index (κ3) is 4.86. The second kappa shape index (κ2) is 11.8. The van der Waals surface area contributed by atoms with Crippen molar-refractivity contribution in [2.24, 2.45) is 5.92 Å². The molecule has 4 aliphatic heterocycles. The van der Waals surface area contributed by atoms with Crippen molar-refractivity contribution in [1.82, 2.24) is 19.6 Å². The lowest BCUT2D eigenvalue weighted by Gasteiger charge is -2.32. The molecule has 12 heteroatoms. The van der Waals surface area contributed by atoms with E-state index >= 15 is 0 Å². The van der Waals surface area contributed by atoms with Gasteiger partial charge in [-0.15, -0.1) is 0 Å². The molecule has 0 N–H and O–H groups in total. The summed E-state index contributed by atoms with van der Waals surface area (Å²) >= 11 is 0. The number of amides is 3. The van der Waals surface area contributed by atoms with Crippen molar-refractivity contribution in [3.63, 3.8) is 0 Å². The van der Waals surface area contributed by atoms with Crippen molar-refractivity contribution < 1.29 is 24.0 Å². The summed E-state index contributed by atoms with van der Waals surface area (Å²) in [5.41, 5.74) is 1.84. The number of hydrogen-bond acceptors (Lipinski definition) is 9. The van der Waals surface area contributed by atoms with Crippen LogP contribution in [0.3, 0.4) is 0 Å². The molecule has 4 heterocycles. The first-order valence-electron chi connectivity index (χ1n) is 15.9. The SMILES string of the molecule is COc1ccc(CN2C[C@H]3CC(c4ccc(N(C)C)c5ccccc45)N4C(=O)N(CCN5CCOCC5)C(=O)[C@]34C2)cc1[N+](=O)[O-]. The molecule has 0 bridgehead atoms. The Morgan fingerprint density at radius 1 is 1.02 bits per heavy atom. The largest absolute Gasteiger partial charge is 0.490 e. The number of ether oxygens (including phenoxy) is 2. The molecule has 7 rings (SSSR count). The summed E-state index contributed by atoms with van der Waals surface area (Å²) in [4.78, 5) is 50.1. The number of hydrogen-bond donors (Lipinski definition) is 0. The molecular formula is C34H40N6O6. The summed E-state index contributed by atoms with van der Waals surface area (Å²) < 4.78 is 10.7. The number of urea groups is 1. The highest BCUT2D eigenvalue weighted by Gasteiger charge is 2.70. The van der Waals surface area contributed by atoms with Gasteiger partial charge in [0.25, 0.3) is 5.91 Å². The molecule has 242 valence electrons. The lowest BCUT2D eigenvalue weighted by molar-refractivity contribution is -0.385. The molecular weight excluding hydrogens is 588 g/mol. The first-order chi connectivity index (χ1) is 22.2. The maximum Gasteiger partial charge on any atom is 0.328 e. The van der Waals surface area contributed by atoms with E-state index in [1.54, 1.807) is 12.1 Å². The van der Waals surface area contributed by atoms with Crippen molar-refractivity contribution in [3.05, 3.63) is 75.8 Å². The van der Waals surface area contributed by atoms with Gasteiger partial charge in [-0.25, -0.2) is 4.79 Å². The van der Waals surface area contributed by atoms with E-state index < -0.39 is 10.5 Å². The van der Waals surface area contributed by atoms with E-state index in [1.165, 1.54) is 12.0 Å². The first-order valence-corrected chi connectivity index (χ1v) is 15.9. The molecule has 4 aliphatic rings. The Balaban J connectivity index is 1.23. The van der Waals surface area contributed by atoms with Crippen molar-refractivity contribution in [2.75, 3.05) is 78.6 Å². The Hall–Kier alpha value is -4.26. The van der Waals surface area contributed by atoms with Crippen LogP contribution in [0.5, 0.6) is 5.75 Å². The number of nitro benzene ring substituents is 1. The van der Waals surface area contributed by atoms with Gasteiger partial charge in [0.1, 0.15) is 5.54 Å². The van der Waals surface area contributed by atoms with Crippen LogP contribution in [0.25, 0.3) is 10.8 Å². The monoisotopic (exact) mass is 628 g/mol. The van der Waals surface area contributed by atoms with Gasteiger partial charge in [-0.05, 0) is 35.1 Å². The van der Waals surface area contributed by atoms with Crippen LogP contribution >= 0.6 is 0 Å². The van der Waals surface area contributed by atoms with Gasteiger partial charge in [-0.3, -0.25) is 29.6 Å². The number of nitrogens with zero attached hydrogens (tertiary/aromatic N) is 6. The van der Waals surface area contributed by atoms with Crippen LogP contribution in [0.4, 0.5) is 16.2 Å².